The van der Waals surface area contributed by atoms with Crippen molar-refractivity contribution in [3.05, 3.63) is 71.2 Å². The Kier molecular flexibility index (Phi) is 6.33. The summed E-state index contributed by atoms with van der Waals surface area (Å²) in [6.07, 6.45) is 9.80. The third-order valence-electron chi connectivity index (χ3n) is 2.65. The lowest BCUT2D eigenvalue weighted by Gasteiger charge is -1.99. The van der Waals surface area contributed by atoms with Crippen LogP contribution in [-0.4, -0.2) is 11.5 Å². The molecular formula is C17H19FN2. The highest BCUT2D eigenvalue weighted by Gasteiger charge is 1.96. The van der Waals surface area contributed by atoms with Crippen molar-refractivity contribution in [2.75, 3.05) is 6.54 Å². The minimum atomic E-state index is -0.379. The second-order valence-corrected chi connectivity index (χ2v) is 4.17. The molecule has 0 amide bonds. The van der Waals surface area contributed by atoms with Crippen molar-refractivity contribution in [2.45, 2.75) is 6.92 Å². The van der Waals surface area contributed by atoms with E-state index in [-0.39, 0.29) is 5.83 Å². The summed E-state index contributed by atoms with van der Waals surface area (Å²) in [4.78, 5) is 4.40. The summed E-state index contributed by atoms with van der Waals surface area (Å²) in [5.74, 6) is -0.379. The van der Waals surface area contributed by atoms with Gasteiger partial charge in [0.2, 0.25) is 0 Å². The Hall–Kier alpha value is -2.26. The molecule has 1 heterocycles. The van der Waals surface area contributed by atoms with Gasteiger partial charge in [-0.2, -0.15) is 0 Å². The first-order valence-electron chi connectivity index (χ1n) is 6.28. The van der Waals surface area contributed by atoms with E-state index in [0.717, 1.165) is 22.6 Å². The SMILES string of the molecule is C=C/C(F)=C\C=C(/C)c1cc/c(=C/C=C\CN)c(=C)n1. The lowest BCUT2D eigenvalue weighted by atomic mass is 10.1. The summed E-state index contributed by atoms with van der Waals surface area (Å²) >= 11 is 0. The lowest BCUT2D eigenvalue weighted by Crippen LogP contribution is -2.26. The van der Waals surface area contributed by atoms with Crippen LogP contribution in [0.5, 0.6) is 0 Å². The molecule has 0 aromatic carbocycles. The van der Waals surface area contributed by atoms with E-state index in [4.69, 9.17) is 5.73 Å². The Balaban J connectivity index is 3.10. The highest BCUT2D eigenvalue weighted by Crippen LogP contribution is 2.09. The maximum absolute atomic E-state index is 13.0. The van der Waals surface area contributed by atoms with Gasteiger partial charge < -0.3 is 5.73 Å². The minimum absolute atomic E-state index is 0.379. The van der Waals surface area contributed by atoms with Crippen molar-refractivity contribution in [1.82, 2.24) is 4.98 Å². The van der Waals surface area contributed by atoms with Gasteiger partial charge in [-0.15, -0.1) is 0 Å². The molecule has 0 bridgehead atoms. The molecule has 104 valence electrons. The Morgan fingerprint density at radius 3 is 2.75 bits per heavy atom. The molecule has 1 rings (SSSR count). The number of nitrogens with zero attached hydrogens (tertiary/aromatic N) is 1. The molecule has 1 aromatic rings. The maximum Gasteiger partial charge on any atom is 0.122 e. The predicted molar refractivity (Wildman–Crippen MR) is 84.7 cm³/mol. The van der Waals surface area contributed by atoms with E-state index in [1.165, 1.54) is 6.08 Å². The fraction of sp³-hybridized carbons (Fsp3) is 0.118. The summed E-state index contributed by atoms with van der Waals surface area (Å²) in [5, 5.41) is 1.60. The molecule has 20 heavy (non-hydrogen) atoms. The van der Waals surface area contributed by atoms with Crippen LogP contribution in [0.4, 0.5) is 4.39 Å². The standard InChI is InChI=1S/C17H19FN2/c1-4-16(18)10-8-13(2)17-11-9-15(14(3)20-17)7-5-6-12-19/h4-11H,1,3,12,19H2,2H3/b6-5-,13-8+,15-7-,16-10+. The fourth-order valence-corrected chi connectivity index (χ4v) is 1.49. The van der Waals surface area contributed by atoms with Crippen molar-refractivity contribution >= 4 is 18.2 Å². The lowest BCUT2D eigenvalue weighted by molar-refractivity contribution is 0.668. The fourth-order valence-electron chi connectivity index (χ4n) is 1.49. The maximum atomic E-state index is 13.0. The van der Waals surface area contributed by atoms with Gasteiger partial charge in [0.25, 0.3) is 0 Å². The molecule has 0 atom stereocenters. The Bertz CT molecular complexity index is 667. The van der Waals surface area contributed by atoms with Crippen molar-refractivity contribution in [3.63, 3.8) is 0 Å². The molecule has 0 saturated heterocycles. The van der Waals surface area contributed by atoms with Crippen LogP contribution in [0.25, 0.3) is 18.2 Å². The molecule has 0 saturated carbocycles. The Morgan fingerprint density at radius 2 is 2.15 bits per heavy atom. The number of hydrogen-bond acceptors (Lipinski definition) is 2. The van der Waals surface area contributed by atoms with Crippen molar-refractivity contribution in [2.24, 2.45) is 5.73 Å². The zero-order valence-electron chi connectivity index (χ0n) is 11.6. The van der Waals surface area contributed by atoms with Gasteiger partial charge in [-0.3, -0.25) is 0 Å². The number of halogens is 1. The number of allylic oxidation sites excluding steroid dienone is 6. The second kappa shape index (κ2) is 8.02. The van der Waals surface area contributed by atoms with E-state index in [9.17, 15) is 4.39 Å². The van der Waals surface area contributed by atoms with E-state index < -0.39 is 0 Å². The molecule has 0 spiro atoms. The summed E-state index contributed by atoms with van der Waals surface area (Å²) in [6, 6.07) is 3.80. The zero-order chi connectivity index (χ0) is 15.0. The van der Waals surface area contributed by atoms with Crippen LogP contribution < -0.4 is 16.3 Å². The van der Waals surface area contributed by atoms with Crippen molar-refractivity contribution in [3.8, 4) is 0 Å². The number of nitrogens with two attached hydrogens (primary N) is 1. The van der Waals surface area contributed by atoms with Gasteiger partial charge in [0.1, 0.15) is 5.83 Å². The molecule has 0 aliphatic heterocycles. The van der Waals surface area contributed by atoms with Gasteiger partial charge in [-0.1, -0.05) is 43.5 Å². The average molecular weight is 270 g/mol. The minimum Gasteiger partial charge on any atom is -0.327 e. The van der Waals surface area contributed by atoms with Crippen LogP contribution in [0.2, 0.25) is 0 Å². The van der Waals surface area contributed by atoms with E-state index in [0.29, 0.717) is 11.9 Å². The van der Waals surface area contributed by atoms with E-state index in [2.05, 4.69) is 18.1 Å². The van der Waals surface area contributed by atoms with Crippen LogP contribution >= 0.6 is 0 Å². The first kappa shape index (κ1) is 15.8. The first-order chi connectivity index (χ1) is 9.58. The molecule has 2 N–H and O–H groups in total. The molecule has 0 fully saturated rings. The quantitative estimate of drug-likeness (QED) is 0.833. The van der Waals surface area contributed by atoms with Crippen LogP contribution in [0.3, 0.4) is 0 Å². The predicted octanol–water partition coefficient (Wildman–Crippen LogP) is 2.23. The normalized spacial score (nSPS) is 14.1. The summed E-state index contributed by atoms with van der Waals surface area (Å²) < 4.78 is 13.0. The van der Waals surface area contributed by atoms with Crippen LogP contribution in [0, 0.1) is 0 Å². The zero-order valence-corrected chi connectivity index (χ0v) is 11.6. The number of hydrogen-bond donors (Lipinski definition) is 1. The molecule has 2 nitrogen and oxygen atoms in total. The third-order valence-corrected chi connectivity index (χ3v) is 2.65. The monoisotopic (exact) mass is 270 g/mol. The summed E-state index contributed by atoms with van der Waals surface area (Å²) in [5.41, 5.74) is 7.00. The van der Waals surface area contributed by atoms with Crippen molar-refractivity contribution in [1.29, 1.82) is 0 Å². The smallest absolute Gasteiger partial charge is 0.122 e. The molecule has 1 aromatic heterocycles. The van der Waals surface area contributed by atoms with Gasteiger partial charge in [0, 0.05) is 6.54 Å². The Labute approximate surface area is 118 Å². The molecule has 0 aliphatic carbocycles. The number of aromatic nitrogens is 1. The van der Waals surface area contributed by atoms with Gasteiger partial charge >= 0.3 is 0 Å². The molecule has 3 heteroatoms. The van der Waals surface area contributed by atoms with E-state index in [1.54, 1.807) is 6.08 Å². The van der Waals surface area contributed by atoms with Crippen molar-refractivity contribution < 1.29 is 4.39 Å². The second-order valence-electron chi connectivity index (χ2n) is 4.17. The van der Waals surface area contributed by atoms with Crippen LogP contribution in [-0.2, 0) is 0 Å². The highest BCUT2D eigenvalue weighted by molar-refractivity contribution is 5.62. The highest BCUT2D eigenvalue weighted by atomic mass is 19.1. The average Bonchev–Trinajstić information content (AvgIpc) is 2.46. The first-order valence-corrected chi connectivity index (χ1v) is 6.28. The Morgan fingerprint density at radius 1 is 1.40 bits per heavy atom. The van der Waals surface area contributed by atoms with Gasteiger partial charge in [-0.25, -0.2) is 9.37 Å². The summed E-state index contributed by atoms with van der Waals surface area (Å²) in [7, 11) is 0. The molecular weight excluding hydrogens is 251 g/mol. The van der Waals surface area contributed by atoms with Gasteiger partial charge in [-0.05, 0) is 35.9 Å². The molecule has 0 aliphatic rings. The van der Waals surface area contributed by atoms with Gasteiger partial charge in [0.15, 0.2) is 0 Å². The number of pyridine rings is 1. The number of rotatable bonds is 5. The van der Waals surface area contributed by atoms with E-state index in [1.807, 2.05) is 37.3 Å². The largest absolute Gasteiger partial charge is 0.327 e. The molecule has 0 radical (unpaired) electrons. The van der Waals surface area contributed by atoms with Crippen LogP contribution in [0.1, 0.15) is 12.6 Å². The van der Waals surface area contributed by atoms with Gasteiger partial charge in [0.05, 0.1) is 11.0 Å². The van der Waals surface area contributed by atoms with Crippen LogP contribution in [0.15, 0.2) is 54.9 Å². The summed E-state index contributed by atoms with van der Waals surface area (Å²) in [6.45, 7) is 9.63. The third kappa shape index (κ3) is 4.78. The molecule has 0 unspecified atom stereocenters. The van der Waals surface area contributed by atoms with E-state index >= 15 is 0 Å². The topological polar surface area (TPSA) is 38.9 Å².